The SMILES string of the molecule is CC(C)C(C)(C)CNc1c(Br)cncc1[N+](=O)[O-]. The first-order valence-corrected chi connectivity index (χ1v) is 6.56. The van der Waals surface area contributed by atoms with Crippen LogP contribution < -0.4 is 5.32 Å². The van der Waals surface area contributed by atoms with E-state index in [1.165, 1.54) is 6.20 Å². The van der Waals surface area contributed by atoms with E-state index in [2.05, 4.69) is 53.9 Å². The zero-order valence-corrected chi connectivity index (χ0v) is 12.6. The van der Waals surface area contributed by atoms with Crippen molar-refractivity contribution in [1.29, 1.82) is 0 Å². The first-order chi connectivity index (χ1) is 8.25. The number of aromatic nitrogens is 1. The summed E-state index contributed by atoms with van der Waals surface area (Å²) >= 11 is 3.29. The van der Waals surface area contributed by atoms with Gasteiger partial charge < -0.3 is 5.32 Å². The molecular formula is C12H18BrN3O2. The molecule has 0 aliphatic rings. The zero-order valence-electron chi connectivity index (χ0n) is 11.0. The molecule has 0 aliphatic carbocycles. The van der Waals surface area contributed by atoms with Crippen LogP contribution >= 0.6 is 15.9 Å². The Labute approximate surface area is 115 Å². The summed E-state index contributed by atoms with van der Waals surface area (Å²) in [6.45, 7) is 9.20. The lowest BCUT2D eigenvalue weighted by atomic mass is 9.81. The van der Waals surface area contributed by atoms with E-state index < -0.39 is 4.92 Å². The van der Waals surface area contributed by atoms with Crippen LogP contribution in [0.5, 0.6) is 0 Å². The van der Waals surface area contributed by atoms with Gasteiger partial charge in [0.15, 0.2) is 0 Å². The first-order valence-electron chi connectivity index (χ1n) is 5.77. The molecule has 0 aromatic carbocycles. The van der Waals surface area contributed by atoms with Crippen LogP contribution in [-0.4, -0.2) is 16.5 Å². The molecule has 100 valence electrons. The van der Waals surface area contributed by atoms with Gasteiger partial charge in [-0.2, -0.15) is 0 Å². The fraction of sp³-hybridized carbons (Fsp3) is 0.583. The van der Waals surface area contributed by atoms with Gasteiger partial charge in [-0.05, 0) is 27.3 Å². The van der Waals surface area contributed by atoms with Crippen molar-refractivity contribution in [2.75, 3.05) is 11.9 Å². The Morgan fingerprint density at radius 1 is 1.50 bits per heavy atom. The highest BCUT2D eigenvalue weighted by atomic mass is 79.9. The largest absolute Gasteiger partial charge is 0.378 e. The molecule has 1 aromatic heterocycles. The number of hydrogen-bond donors (Lipinski definition) is 1. The highest BCUT2D eigenvalue weighted by molar-refractivity contribution is 9.10. The van der Waals surface area contributed by atoms with E-state index in [0.717, 1.165) is 0 Å². The lowest BCUT2D eigenvalue weighted by Gasteiger charge is -2.29. The Morgan fingerprint density at radius 2 is 2.11 bits per heavy atom. The number of halogens is 1. The van der Waals surface area contributed by atoms with Crippen LogP contribution in [0.2, 0.25) is 0 Å². The van der Waals surface area contributed by atoms with Gasteiger partial charge in [0.05, 0.1) is 9.40 Å². The first kappa shape index (κ1) is 14.9. The van der Waals surface area contributed by atoms with Gasteiger partial charge in [0, 0.05) is 12.7 Å². The average molecular weight is 316 g/mol. The molecule has 18 heavy (non-hydrogen) atoms. The lowest BCUT2D eigenvalue weighted by molar-refractivity contribution is -0.384. The molecule has 1 N–H and O–H groups in total. The van der Waals surface area contributed by atoms with E-state index >= 15 is 0 Å². The zero-order chi connectivity index (χ0) is 13.9. The number of hydrogen-bond acceptors (Lipinski definition) is 4. The van der Waals surface area contributed by atoms with Gasteiger partial charge in [-0.1, -0.05) is 27.7 Å². The number of nitrogens with zero attached hydrogens (tertiary/aromatic N) is 2. The third-order valence-corrected chi connectivity index (χ3v) is 3.96. The molecule has 1 heterocycles. The van der Waals surface area contributed by atoms with Gasteiger partial charge >= 0.3 is 5.69 Å². The van der Waals surface area contributed by atoms with E-state index in [1.54, 1.807) is 6.20 Å². The monoisotopic (exact) mass is 315 g/mol. The van der Waals surface area contributed by atoms with E-state index in [9.17, 15) is 10.1 Å². The predicted octanol–water partition coefficient (Wildman–Crippen LogP) is 3.85. The van der Waals surface area contributed by atoms with Crippen LogP contribution in [0.4, 0.5) is 11.4 Å². The van der Waals surface area contributed by atoms with Crippen LogP contribution in [0.15, 0.2) is 16.9 Å². The highest BCUT2D eigenvalue weighted by Gasteiger charge is 2.24. The van der Waals surface area contributed by atoms with Gasteiger partial charge in [-0.25, -0.2) is 0 Å². The average Bonchev–Trinajstić information content (AvgIpc) is 2.26. The van der Waals surface area contributed by atoms with Crippen LogP contribution in [0, 0.1) is 21.4 Å². The van der Waals surface area contributed by atoms with Crippen molar-refractivity contribution in [2.45, 2.75) is 27.7 Å². The quantitative estimate of drug-likeness (QED) is 0.662. The summed E-state index contributed by atoms with van der Waals surface area (Å²) in [6, 6.07) is 0. The van der Waals surface area contributed by atoms with Crippen molar-refractivity contribution < 1.29 is 4.92 Å². The Kier molecular flexibility index (Phi) is 4.67. The van der Waals surface area contributed by atoms with E-state index in [0.29, 0.717) is 22.6 Å². The van der Waals surface area contributed by atoms with Crippen LogP contribution in [0.3, 0.4) is 0 Å². The minimum atomic E-state index is -0.428. The molecule has 0 spiro atoms. The van der Waals surface area contributed by atoms with E-state index in [-0.39, 0.29) is 11.1 Å². The molecule has 0 aliphatic heterocycles. The van der Waals surface area contributed by atoms with E-state index in [4.69, 9.17) is 0 Å². The predicted molar refractivity (Wildman–Crippen MR) is 75.7 cm³/mol. The van der Waals surface area contributed by atoms with E-state index in [1.807, 2.05) is 0 Å². The summed E-state index contributed by atoms with van der Waals surface area (Å²) in [6.07, 6.45) is 2.81. The Bertz CT molecular complexity index is 447. The number of nitro groups is 1. The maximum atomic E-state index is 10.9. The Hall–Kier alpha value is -1.17. The topological polar surface area (TPSA) is 68.1 Å². The minimum Gasteiger partial charge on any atom is -0.378 e. The minimum absolute atomic E-state index is 0.0102. The van der Waals surface area contributed by atoms with Crippen molar-refractivity contribution in [3.05, 3.63) is 27.0 Å². The summed E-state index contributed by atoms with van der Waals surface area (Å²) in [4.78, 5) is 14.3. The smallest absolute Gasteiger partial charge is 0.311 e. The lowest BCUT2D eigenvalue weighted by Crippen LogP contribution is -2.28. The second-order valence-electron chi connectivity index (χ2n) is 5.27. The second kappa shape index (κ2) is 5.65. The normalized spacial score (nSPS) is 11.7. The molecule has 0 radical (unpaired) electrons. The summed E-state index contributed by atoms with van der Waals surface area (Å²) in [5, 5.41) is 14.1. The molecule has 1 rings (SSSR count). The molecule has 0 bridgehead atoms. The molecule has 0 amide bonds. The number of anilines is 1. The van der Waals surface area contributed by atoms with Gasteiger partial charge in [-0.15, -0.1) is 0 Å². The fourth-order valence-corrected chi connectivity index (χ4v) is 1.72. The summed E-state index contributed by atoms with van der Waals surface area (Å²) in [7, 11) is 0. The third kappa shape index (κ3) is 3.41. The van der Waals surface area contributed by atoms with Gasteiger partial charge in [0.2, 0.25) is 0 Å². The standard InChI is InChI=1S/C12H18BrN3O2/c1-8(2)12(3,4)7-15-11-9(13)5-14-6-10(11)16(17)18/h5-6,8H,7H2,1-4H3,(H,14,15). The number of pyridine rings is 1. The van der Waals surface area contributed by atoms with Crippen molar-refractivity contribution in [3.63, 3.8) is 0 Å². The molecule has 0 fully saturated rings. The summed E-state index contributed by atoms with van der Waals surface area (Å²) < 4.78 is 0.608. The molecule has 5 nitrogen and oxygen atoms in total. The summed E-state index contributed by atoms with van der Waals surface area (Å²) in [5.74, 6) is 0.477. The molecule has 0 saturated heterocycles. The molecule has 0 saturated carbocycles. The number of rotatable bonds is 5. The van der Waals surface area contributed by atoms with Crippen LogP contribution in [-0.2, 0) is 0 Å². The maximum Gasteiger partial charge on any atom is 0.311 e. The van der Waals surface area contributed by atoms with Gasteiger partial charge in [0.25, 0.3) is 0 Å². The molecule has 6 heteroatoms. The molecule has 0 atom stereocenters. The summed E-state index contributed by atoms with van der Waals surface area (Å²) in [5.41, 5.74) is 0.531. The van der Waals surface area contributed by atoms with Gasteiger partial charge in [0.1, 0.15) is 11.9 Å². The van der Waals surface area contributed by atoms with Crippen molar-refractivity contribution in [1.82, 2.24) is 4.98 Å². The Morgan fingerprint density at radius 3 is 2.61 bits per heavy atom. The molecule has 1 aromatic rings. The second-order valence-corrected chi connectivity index (χ2v) is 6.12. The maximum absolute atomic E-state index is 10.9. The van der Waals surface area contributed by atoms with Gasteiger partial charge in [-0.3, -0.25) is 15.1 Å². The fourth-order valence-electron chi connectivity index (χ4n) is 1.26. The Balaban J connectivity index is 2.95. The van der Waals surface area contributed by atoms with Crippen molar-refractivity contribution >= 4 is 27.3 Å². The van der Waals surface area contributed by atoms with Crippen LogP contribution in [0.25, 0.3) is 0 Å². The highest BCUT2D eigenvalue weighted by Crippen LogP contribution is 2.33. The van der Waals surface area contributed by atoms with Crippen LogP contribution in [0.1, 0.15) is 27.7 Å². The van der Waals surface area contributed by atoms with Crippen molar-refractivity contribution in [2.24, 2.45) is 11.3 Å². The third-order valence-electron chi connectivity index (χ3n) is 3.36. The van der Waals surface area contributed by atoms with Crippen molar-refractivity contribution in [3.8, 4) is 0 Å². The molecular weight excluding hydrogens is 298 g/mol. The number of nitrogens with one attached hydrogen (secondary N) is 1. The molecule has 0 unspecified atom stereocenters.